The predicted octanol–water partition coefficient (Wildman–Crippen LogP) is 2.93. The largest absolute Gasteiger partial charge is 0.329 e. The van der Waals surface area contributed by atoms with Crippen LogP contribution in [0.25, 0.3) is 11.3 Å². The van der Waals surface area contributed by atoms with Crippen LogP contribution in [0.5, 0.6) is 0 Å². The van der Waals surface area contributed by atoms with Crippen LogP contribution in [-0.4, -0.2) is 16.3 Å². The molecule has 1 amide bonds. The fraction of sp³-hybridized carbons (Fsp3) is 0.333. The summed E-state index contributed by atoms with van der Waals surface area (Å²) in [7, 11) is 2.00. The van der Waals surface area contributed by atoms with Crippen molar-refractivity contribution in [1.82, 2.24) is 4.90 Å². The number of hydrogen-bond donors (Lipinski definition) is 0. The number of benzene rings is 1. The van der Waals surface area contributed by atoms with E-state index in [1.807, 2.05) is 47.0 Å². The van der Waals surface area contributed by atoms with E-state index in [1.165, 1.54) is 5.56 Å². The van der Waals surface area contributed by atoms with Crippen LogP contribution in [0, 0.1) is 0 Å². The molecule has 108 valence electrons. The minimum Gasteiger partial charge on any atom is -0.329 e. The van der Waals surface area contributed by atoms with Crippen LogP contribution >= 0.6 is 0 Å². The predicted molar refractivity (Wildman–Crippen MR) is 82.7 cm³/mol. The lowest BCUT2D eigenvalue weighted by atomic mass is 10.0. The van der Waals surface area contributed by atoms with Crippen LogP contribution in [0.1, 0.15) is 36.7 Å². The highest BCUT2D eigenvalue weighted by Crippen LogP contribution is 2.32. The molecule has 0 aliphatic carbocycles. The van der Waals surface area contributed by atoms with E-state index in [-0.39, 0.29) is 11.4 Å². The first kappa shape index (κ1) is 13.8. The van der Waals surface area contributed by atoms with Crippen molar-refractivity contribution in [2.24, 2.45) is 7.05 Å². The standard InChI is InChI=1S/C18H21N2O/c1-18(2,3)20-12-13-8-5-6-9-14(13)16-15(17(20)21)10-7-11-19(16)4/h5-11H,12H2,1-4H3/q+1. The molecule has 21 heavy (non-hydrogen) atoms. The van der Waals surface area contributed by atoms with Crippen LogP contribution in [0.3, 0.4) is 0 Å². The molecule has 0 bridgehead atoms. The summed E-state index contributed by atoms with van der Waals surface area (Å²) in [6, 6.07) is 12.2. The van der Waals surface area contributed by atoms with Crippen molar-refractivity contribution in [3.05, 3.63) is 53.7 Å². The van der Waals surface area contributed by atoms with Gasteiger partial charge in [-0.05, 0) is 38.5 Å². The molecule has 0 saturated heterocycles. The summed E-state index contributed by atoms with van der Waals surface area (Å²) in [5.41, 5.74) is 3.92. The van der Waals surface area contributed by atoms with Gasteiger partial charge >= 0.3 is 0 Å². The van der Waals surface area contributed by atoms with Crippen LogP contribution in [0.2, 0.25) is 0 Å². The minimum absolute atomic E-state index is 0.102. The zero-order valence-corrected chi connectivity index (χ0v) is 13.1. The first-order valence-corrected chi connectivity index (χ1v) is 7.28. The van der Waals surface area contributed by atoms with Crippen molar-refractivity contribution >= 4 is 5.91 Å². The number of hydrogen-bond acceptors (Lipinski definition) is 1. The molecule has 1 aromatic heterocycles. The number of aromatic nitrogens is 1. The van der Waals surface area contributed by atoms with Crippen LogP contribution in [0.4, 0.5) is 0 Å². The molecule has 1 aromatic carbocycles. The van der Waals surface area contributed by atoms with E-state index in [0.29, 0.717) is 6.54 Å². The third-order valence-electron chi connectivity index (χ3n) is 4.07. The molecule has 1 aliphatic heterocycles. The maximum Gasteiger partial charge on any atom is 0.261 e. The molecular weight excluding hydrogens is 260 g/mol. The number of rotatable bonds is 0. The highest BCUT2D eigenvalue weighted by Gasteiger charge is 2.35. The Hall–Kier alpha value is -2.16. The molecule has 3 rings (SSSR count). The Bertz CT molecular complexity index is 713. The Balaban J connectivity index is 2.32. The number of fused-ring (bicyclic) bond motifs is 3. The van der Waals surface area contributed by atoms with Crippen LogP contribution < -0.4 is 4.57 Å². The normalized spacial score (nSPS) is 14.5. The second-order valence-corrected chi connectivity index (χ2v) is 6.60. The summed E-state index contributed by atoms with van der Waals surface area (Å²) >= 11 is 0. The summed E-state index contributed by atoms with van der Waals surface area (Å²) in [4.78, 5) is 15.0. The van der Waals surface area contributed by atoms with Gasteiger partial charge in [0.05, 0.1) is 5.56 Å². The molecule has 3 heteroatoms. The van der Waals surface area contributed by atoms with Crippen molar-refractivity contribution in [3.8, 4) is 11.3 Å². The van der Waals surface area contributed by atoms with E-state index in [9.17, 15) is 4.79 Å². The van der Waals surface area contributed by atoms with Crippen molar-refractivity contribution in [2.75, 3.05) is 0 Å². The zero-order chi connectivity index (χ0) is 15.2. The van der Waals surface area contributed by atoms with Gasteiger partial charge in [-0.2, -0.15) is 0 Å². The lowest BCUT2D eigenvalue weighted by molar-refractivity contribution is -0.660. The Morgan fingerprint density at radius 1 is 1.05 bits per heavy atom. The monoisotopic (exact) mass is 281 g/mol. The minimum atomic E-state index is -0.208. The molecule has 1 aliphatic rings. The van der Waals surface area contributed by atoms with E-state index in [0.717, 1.165) is 16.8 Å². The van der Waals surface area contributed by atoms with Gasteiger partial charge in [0.2, 0.25) is 5.69 Å². The van der Waals surface area contributed by atoms with Gasteiger partial charge in [0.25, 0.3) is 5.91 Å². The number of nitrogens with zero attached hydrogens (tertiary/aromatic N) is 2. The van der Waals surface area contributed by atoms with Gasteiger partial charge in [-0.25, -0.2) is 4.57 Å². The van der Waals surface area contributed by atoms with Gasteiger partial charge in [-0.3, -0.25) is 4.79 Å². The summed E-state index contributed by atoms with van der Waals surface area (Å²) in [5, 5.41) is 0. The van der Waals surface area contributed by atoms with Crippen LogP contribution in [-0.2, 0) is 13.6 Å². The smallest absolute Gasteiger partial charge is 0.261 e. The molecule has 0 N–H and O–H groups in total. The second-order valence-electron chi connectivity index (χ2n) is 6.60. The zero-order valence-electron chi connectivity index (χ0n) is 13.1. The first-order chi connectivity index (χ1) is 9.89. The maximum atomic E-state index is 13.0. The first-order valence-electron chi connectivity index (χ1n) is 7.28. The molecule has 3 nitrogen and oxygen atoms in total. The third-order valence-corrected chi connectivity index (χ3v) is 4.07. The van der Waals surface area contributed by atoms with Gasteiger partial charge in [0, 0.05) is 18.2 Å². The highest BCUT2D eigenvalue weighted by molar-refractivity contribution is 6.01. The molecule has 0 unspecified atom stereocenters. The van der Waals surface area contributed by atoms with Gasteiger partial charge in [0.15, 0.2) is 6.20 Å². The Morgan fingerprint density at radius 3 is 2.43 bits per heavy atom. The van der Waals surface area contributed by atoms with Crippen molar-refractivity contribution < 1.29 is 9.36 Å². The lowest BCUT2D eigenvalue weighted by Crippen LogP contribution is -2.45. The van der Waals surface area contributed by atoms with E-state index in [4.69, 9.17) is 0 Å². The van der Waals surface area contributed by atoms with Gasteiger partial charge in [-0.15, -0.1) is 0 Å². The molecule has 2 heterocycles. The van der Waals surface area contributed by atoms with Gasteiger partial charge < -0.3 is 4.90 Å². The second kappa shape index (κ2) is 4.69. The van der Waals surface area contributed by atoms with E-state index in [1.54, 1.807) is 0 Å². The van der Waals surface area contributed by atoms with E-state index < -0.39 is 0 Å². The quantitative estimate of drug-likeness (QED) is 0.681. The Morgan fingerprint density at radius 2 is 1.71 bits per heavy atom. The molecular formula is C18H21N2O+. The number of pyridine rings is 1. The fourth-order valence-electron chi connectivity index (χ4n) is 2.94. The number of aryl methyl sites for hydroxylation is 1. The van der Waals surface area contributed by atoms with Crippen LogP contribution in [0.15, 0.2) is 42.6 Å². The third kappa shape index (κ3) is 2.23. The van der Waals surface area contributed by atoms with E-state index in [2.05, 4.69) is 32.9 Å². The highest BCUT2D eigenvalue weighted by atomic mass is 16.2. The number of amides is 1. The number of carbonyl (C=O) groups excluding carboxylic acids is 1. The average Bonchev–Trinajstić information content (AvgIpc) is 2.55. The number of carbonyl (C=O) groups is 1. The molecule has 2 aromatic rings. The summed E-state index contributed by atoms with van der Waals surface area (Å²) in [5.74, 6) is 0.102. The molecule has 0 radical (unpaired) electrons. The lowest BCUT2D eigenvalue weighted by Gasteiger charge is -2.35. The fourth-order valence-corrected chi connectivity index (χ4v) is 2.94. The van der Waals surface area contributed by atoms with Crippen molar-refractivity contribution in [3.63, 3.8) is 0 Å². The molecule has 0 fully saturated rings. The van der Waals surface area contributed by atoms with E-state index >= 15 is 0 Å². The molecule has 0 spiro atoms. The average molecular weight is 281 g/mol. The Labute approximate surface area is 125 Å². The van der Waals surface area contributed by atoms with Gasteiger partial charge in [-0.1, -0.05) is 18.2 Å². The topological polar surface area (TPSA) is 24.2 Å². The summed E-state index contributed by atoms with van der Waals surface area (Å²) in [6.07, 6.45) is 2.00. The van der Waals surface area contributed by atoms with Crippen molar-refractivity contribution in [2.45, 2.75) is 32.9 Å². The van der Waals surface area contributed by atoms with Gasteiger partial charge in [0.1, 0.15) is 12.6 Å². The SMILES string of the molecule is C[n+]1cccc2c1-c1ccccc1CN(C(C)(C)C)C2=O. The summed E-state index contributed by atoms with van der Waals surface area (Å²) < 4.78 is 2.04. The Kier molecular flexibility index (Phi) is 3.08. The molecule has 0 saturated carbocycles. The van der Waals surface area contributed by atoms with Crippen molar-refractivity contribution in [1.29, 1.82) is 0 Å². The summed E-state index contributed by atoms with van der Waals surface area (Å²) in [6.45, 7) is 6.90. The molecule has 0 atom stereocenters. The maximum absolute atomic E-state index is 13.0.